The number of carbonyl (C=O) groups is 3. The molecule has 86 valence electrons. The van der Waals surface area contributed by atoms with Gasteiger partial charge in [0.25, 0.3) is 0 Å². The molecule has 0 rings (SSSR count). The van der Waals surface area contributed by atoms with Gasteiger partial charge in [-0.3, -0.25) is 14.4 Å². The quantitative estimate of drug-likeness (QED) is 0.483. The lowest BCUT2D eigenvalue weighted by atomic mass is 10.2. The highest BCUT2D eigenvalue weighted by Crippen LogP contribution is 1.96. The van der Waals surface area contributed by atoms with Gasteiger partial charge in [0, 0.05) is 6.92 Å². The third-order valence-corrected chi connectivity index (χ3v) is 1.36. The van der Waals surface area contributed by atoms with Crippen LogP contribution in [0.2, 0.25) is 0 Å². The number of ketones is 1. The molecular weight excluding hydrogens is 200 g/mol. The minimum atomic E-state index is -0.583. The van der Waals surface area contributed by atoms with E-state index in [-0.39, 0.29) is 18.9 Å². The van der Waals surface area contributed by atoms with Gasteiger partial charge in [0.05, 0.1) is 6.61 Å². The van der Waals surface area contributed by atoms with Gasteiger partial charge in [-0.15, -0.1) is 0 Å². The smallest absolute Gasteiger partial charge is 0.313 e. The Morgan fingerprint density at radius 1 is 1.13 bits per heavy atom. The molecule has 0 aromatic rings. The van der Waals surface area contributed by atoms with Crippen LogP contribution in [0.4, 0.5) is 0 Å². The van der Waals surface area contributed by atoms with Gasteiger partial charge in [-0.05, 0) is 5.92 Å². The second-order valence-corrected chi connectivity index (χ2v) is 3.57. The molecule has 0 heterocycles. The summed E-state index contributed by atoms with van der Waals surface area (Å²) in [5, 5.41) is 0. The number of ether oxygens (including phenoxy) is 2. The molecule has 0 aliphatic rings. The van der Waals surface area contributed by atoms with Crippen LogP contribution in [-0.2, 0) is 23.9 Å². The van der Waals surface area contributed by atoms with Gasteiger partial charge in [-0.25, -0.2) is 0 Å². The predicted octanol–water partition coefficient (Wildman–Crippen LogP) is 0.708. The van der Waals surface area contributed by atoms with E-state index < -0.39 is 17.7 Å². The van der Waals surface area contributed by atoms with Crippen LogP contribution >= 0.6 is 0 Å². The van der Waals surface area contributed by atoms with Crippen LogP contribution < -0.4 is 0 Å². The van der Waals surface area contributed by atoms with Crippen molar-refractivity contribution in [1.29, 1.82) is 0 Å². The highest BCUT2D eigenvalue weighted by atomic mass is 16.5. The second-order valence-electron chi connectivity index (χ2n) is 3.57. The first-order valence-electron chi connectivity index (χ1n) is 4.72. The average Bonchev–Trinajstić information content (AvgIpc) is 2.11. The maximum atomic E-state index is 11.0. The topological polar surface area (TPSA) is 69.7 Å². The molecule has 0 amide bonds. The van der Waals surface area contributed by atoms with Crippen molar-refractivity contribution in [2.75, 3.05) is 13.2 Å². The highest BCUT2D eigenvalue weighted by molar-refractivity contribution is 5.96. The Kier molecular flexibility index (Phi) is 6.33. The van der Waals surface area contributed by atoms with E-state index in [1.807, 2.05) is 13.8 Å². The molecule has 0 radical (unpaired) electrons. The summed E-state index contributed by atoms with van der Waals surface area (Å²) in [6, 6.07) is 0. The van der Waals surface area contributed by atoms with Crippen molar-refractivity contribution in [1.82, 2.24) is 0 Å². The molecule has 0 atom stereocenters. The lowest BCUT2D eigenvalue weighted by Crippen LogP contribution is -2.18. The Bertz CT molecular complexity index is 244. The number of esters is 2. The summed E-state index contributed by atoms with van der Waals surface area (Å²) in [4.78, 5) is 32.4. The molecule has 0 unspecified atom stereocenters. The zero-order valence-corrected chi connectivity index (χ0v) is 9.24. The Morgan fingerprint density at radius 3 is 2.20 bits per heavy atom. The molecule has 0 aromatic heterocycles. The molecule has 5 nitrogen and oxygen atoms in total. The molecule has 0 spiro atoms. The zero-order chi connectivity index (χ0) is 11.8. The molecule has 0 bridgehead atoms. The van der Waals surface area contributed by atoms with Crippen molar-refractivity contribution in [2.24, 2.45) is 5.92 Å². The number of carbonyl (C=O) groups excluding carboxylic acids is 3. The summed E-state index contributed by atoms with van der Waals surface area (Å²) in [6.07, 6.45) is -0.347. The maximum absolute atomic E-state index is 11.0. The Labute approximate surface area is 88.7 Å². The number of hydrogen-bond donors (Lipinski definition) is 0. The van der Waals surface area contributed by atoms with Gasteiger partial charge in [-0.2, -0.15) is 0 Å². The first-order chi connectivity index (χ1) is 6.91. The minimum Gasteiger partial charge on any atom is -0.465 e. The van der Waals surface area contributed by atoms with Gasteiger partial charge < -0.3 is 9.47 Å². The third-order valence-electron chi connectivity index (χ3n) is 1.36. The molecular formula is C10H16O5. The summed E-state index contributed by atoms with van der Waals surface area (Å²) in [5.41, 5.74) is 0. The molecule has 0 aliphatic carbocycles. The van der Waals surface area contributed by atoms with E-state index in [4.69, 9.17) is 4.74 Å². The molecule has 0 aromatic carbocycles. The highest BCUT2D eigenvalue weighted by Gasteiger charge is 2.12. The van der Waals surface area contributed by atoms with E-state index in [2.05, 4.69) is 4.74 Å². The first kappa shape index (κ1) is 13.6. The maximum Gasteiger partial charge on any atom is 0.313 e. The van der Waals surface area contributed by atoms with Crippen LogP contribution in [0.1, 0.15) is 27.2 Å². The van der Waals surface area contributed by atoms with Gasteiger partial charge >= 0.3 is 11.9 Å². The summed E-state index contributed by atoms with van der Waals surface area (Å²) in [5.74, 6) is -1.35. The van der Waals surface area contributed by atoms with Crippen molar-refractivity contribution in [3.05, 3.63) is 0 Å². The SMILES string of the molecule is CC(=O)OCC(=O)CC(=O)OCC(C)C. The van der Waals surface area contributed by atoms with E-state index in [9.17, 15) is 14.4 Å². The van der Waals surface area contributed by atoms with Crippen LogP contribution in [0.15, 0.2) is 0 Å². The average molecular weight is 216 g/mol. The number of Topliss-reactive ketones (excluding diaryl/α,β-unsaturated/α-hetero) is 1. The second kappa shape index (κ2) is 6.98. The van der Waals surface area contributed by atoms with Gasteiger partial charge in [-0.1, -0.05) is 13.8 Å². The summed E-state index contributed by atoms with van der Waals surface area (Å²) in [6.45, 7) is 4.91. The molecule has 5 heteroatoms. The van der Waals surface area contributed by atoms with E-state index in [1.165, 1.54) is 6.92 Å². The van der Waals surface area contributed by atoms with Crippen molar-refractivity contribution in [2.45, 2.75) is 27.2 Å². The van der Waals surface area contributed by atoms with E-state index in [0.29, 0.717) is 6.61 Å². The first-order valence-corrected chi connectivity index (χ1v) is 4.72. The fourth-order valence-electron chi connectivity index (χ4n) is 0.705. The van der Waals surface area contributed by atoms with Crippen molar-refractivity contribution < 1.29 is 23.9 Å². The monoisotopic (exact) mass is 216 g/mol. The summed E-state index contributed by atoms with van der Waals surface area (Å²) < 4.78 is 9.21. The lowest BCUT2D eigenvalue weighted by molar-refractivity contribution is -0.151. The third kappa shape index (κ3) is 8.93. The zero-order valence-electron chi connectivity index (χ0n) is 9.24. The Balaban J connectivity index is 3.67. The largest absolute Gasteiger partial charge is 0.465 e. The molecule has 15 heavy (non-hydrogen) atoms. The van der Waals surface area contributed by atoms with E-state index in [0.717, 1.165) is 0 Å². The van der Waals surface area contributed by atoms with Gasteiger partial charge in [0.2, 0.25) is 0 Å². The fraction of sp³-hybridized carbons (Fsp3) is 0.700. The van der Waals surface area contributed by atoms with Crippen LogP contribution in [0.25, 0.3) is 0 Å². The standard InChI is InChI=1S/C10H16O5/c1-7(2)5-15-10(13)4-9(12)6-14-8(3)11/h7H,4-6H2,1-3H3. The van der Waals surface area contributed by atoms with Gasteiger partial charge in [0.1, 0.15) is 6.42 Å². The van der Waals surface area contributed by atoms with E-state index in [1.54, 1.807) is 0 Å². The summed E-state index contributed by atoms with van der Waals surface area (Å²) in [7, 11) is 0. The normalized spacial score (nSPS) is 9.87. The van der Waals surface area contributed by atoms with Crippen LogP contribution in [-0.4, -0.2) is 30.9 Å². The van der Waals surface area contributed by atoms with Crippen LogP contribution in [0.3, 0.4) is 0 Å². The summed E-state index contributed by atoms with van der Waals surface area (Å²) >= 11 is 0. The minimum absolute atomic E-state index is 0.234. The van der Waals surface area contributed by atoms with Crippen LogP contribution in [0, 0.1) is 5.92 Å². The Morgan fingerprint density at radius 2 is 1.73 bits per heavy atom. The predicted molar refractivity (Wildman–Crippen MR) is 52.1 cm³/mol. The van der Waals surface area contributed by atoms with Gasteiger partial charge in [0.15, 0.2) is 12.4 Å². The van der Waals surface area contributed by atoms with Crippen LogP contribution in [0.5, 0.6) is 0 Å². The fourth-order valence-corrected chi connectivity index (χ4v) is 0.705. The van der Waals surface area contributed by atoms with E-state index >= 15 is 0 Å². The molecule has 0 aliphatic heterocycles. The molecule has 0 saturated heterocycles. The van der Waals surface area contributed by atoms with Crippen molar-refractivity contribution in [3.8, 4) is 0 Å². The molecule has 0 saturated carbocycles. The Hall–Kier alpha value is -1.39. The lowest BCUT2D eigenvalue weighted by Gasteiger charge is -2.06. The number of rotatable bonds is 6. The molecule has 0 N–H and O–H groups in total. The van der Waals surface area contributed by atoms with Crippen molar-refractivity contribution >= 4 is 17.7 Å². The molecule has 0 fully saturated rings. The van der Waals surface area contributed by atoms with Crippen molar-refractivity contribution in [3.63, 3.8) is 0 Å². The number of hydrogen-bond acceptors (Lipinski definition) is 5.